The number of rotatable bonds is 5. The predicted octanol–water partition coefficient (Wildman–Crippen LogP) is 4.15. The van der Waals surface area contributed by atoms with Crippen LogP contribution in [0.4, 0.5) is 5.69 Å². The molecule has 0 spiro atoms. The molecule has 0 radical (unpaired) electrons. The van der Waals surface area contributed by atoms with Crippen LogP contribution in [0.5, 0.6) is 0 Å². The van der Waals surface area contributed by atoms with Crippen molar-refractivity contribution in [3.63, 3.8) is 0 Å². The highest BCUT2D eigenvalue weighted by atomic mass is 16.5. The number of hydrogen-bond acceptors (Lipinski definition) is 3. The molecule has 2 aromatic carbocycles. The zero-order valence-corrected chi connectivity index (χ0v) is 16.7. The molecule has 5 heteroatoms. The molecular formula is C23H28N2O3. The van der Waals surface area contributed by atoms with Gasteiger partial charge in [0.2, 0.25) is 0 Å². The van der Waals surface area contributed by atoms with Crippen LogP contribution in [0.1, 0.15) is 59.9 Å². The third-order valence-corrected chi connectivity index (χ3v) is 4.91. The van der Waals surface area contributed by atoms with E-state index in [4.69, 9.17) is 4.74 Å². The highest BCUT2D eigenvalue weighted by Crippen LogP contribution is 2.23. The molecule has 28 heavy (non-hydrogen) atoms. The summed E-state index contributed by atoms with van der Waals surface area (Å²) in [5.74, 6) is -0.433. The van der Waals surface area contributed by atoms with E-state index in [2.05, 4.69) is 31.4 Å². The molecule has 1 aliphatic rings. The molecule has 0 saturated carbocycles. The molecule has 0 aromatic heterocycles. The minimum Gasteiger partial charge on any atom is -0.376 e. The van der Waals surface area contributed by atoms with E-state index in [1.165, 1.54) is 5.56 Å². The molecule has 1 fully saturated rings. The first kappa shape index (κ1) is 20.1. The van der Waals surface area contributed by atoms with Gasteiger partial charge in [0.1, 0.15) is 0 Å². The molecule has 5 nitrogen and oxygen atoms in total. The van der Waals surface area contributed by atoms with Crippen LogP contribution >= 0.6 is 0 Å². The summed E-state index contributed by atoms with van der Waals surface area (Å²) < 4.78 is 5.52. The summed E-state index contributed by atoms with van der Waals surface area (Å²) in [5.41, 5.74) is 2.91. The third kappa shape index (κ3) is 5.20. The van der Waals surface area contributed by atoms with Gasteiger partial charge in [-0.3, -0.25) is 9.59 Å². The van der Waals surface area contributed by atoms with Crippen molar-refractivity contribution in [2.24, 2.45) is 0 Å². The van der Waals surface area contributed by atoms with Crippen LogP contribution in [-0.2, 0) is 10.2 Å². The molecule has 1 heterocycles. The van der Waals surface area contributed by atoms with Crippen molar-refractivity contribution in [2.75, 3.05) is 18.5 Å². The normalized spacial score (nSPS) is 16.6. The number of nitrogens with one attached hydrogen (secondary N) is 2. The lowest BCUT2D eigenvalue weighted by Crippen LogP contribution is -2.31. The molecule has 1 saturated heterocycles. The van der Waals surface area contributed by atoms with Crippen molar-refractivity contribution in [1.82, 2.24) is 5.32 Å². The highest BCUT2D eigenvalue weighted by Gasteiger charge is 2.17. The van der Waals surface area contributed by atoms with Gasteiger partial charge in [0.05, 0.1) is 6.10 Å². The summed E-state index contributed by atoms with van der Waals surface area (Å²) in [5, 5.41) is 5.77. The molecule has 2 N–H and O–H groups in total. The Bertz CT molecular complexity index is 832. The third-order valence-electron chi connectivity index (χ3n) is 4.91. The number of amides is 2. The lowest BCUT2D eigenvalue weighted by atomic mass is 9.87. The Morgan fingerprint density at radius 1 is 1.04 bits per heavy atom. The van der Waals surface area contributed by atoms with Crippen LogP contribution in [0.15, 0.2) is 48.5 Å². The number of ether oxygens (including phenoxy) is 1. The Morgan fingerprint density at radius 2 is 1.71 bits per heavy atom. The Kier molecular flexibility index (Phi) is 6.15. The fraction of sp³-hybridized carbons (Fsp3) is 0.391. The SMILES string of the molecule is CC(C)(C)c1ccc(NC(=O)c2cccc(C(=O)NCC3CCCO3)c2)cc1. The standard InChI is InChI=1S/C23H28N2O3/c1-23(2,3)18-9-11-19(12-10-18)25-22(27)17-7-4-6-16(14-17)21(26)24-15-20-8-5-13-28-20/h4,6-7,9-12,14,20H,5,8,13,15H2,1-3H3,(H,24,26)(H,25,27). The van der Waals surface area contributed by atoms with Gasteiger partial charge in [0.25, 0.3) is 11.8 Å². The summed E-state index contributed by atoms with van der Waals surface area (Å²) in [6, 6.07) is 14.6. The van der Waals surface area contributed by atoms with E-state index >= 15 is 0 Å². The molecule has 0 bridgehead atoms. The van der Waals surface area contributed by atoms with E-state index in [1.54, 1.807) is 24.3 Å². The number of hydrogen-bond donors (Lipinski definition) is 2. The van der Waals surface area contributed by atoms with E-state index < -0.39 is 0 Å². The van der Waals surface area contributed by atoms with Crippen LogP contribution in [-0.4, -0.2) is 31.1 Å². The lowest BCUT2D eigenvalue weighted by Gasteiger charge is -2.19. The van der Waals surface area contributed by atoms with E-state index in [0.717, 1.165) is 25.1 Å². The summed E-state index contributed by atoms with van der Waals surface area (Å²) in [6.07, 6.45) is 2.09. The lowest BCUT2D eigenvalue weighted by molar-refractivity contribution is 0.0858. The number of carbonyl (C=O) groups excluding carboxylic acids is 2. The van der Waals surface area contributed by atoms with E-state index in [-0.39, 0.29) is 23.3 Å². The summed E-state index contributed by atoms with van der Waals surface area (Å²) in [7, 11) is 0. The fourth-order valence-corrected chi connectivity index (χ4v) is 3.17. The van der Waals surface area contributed by atoms with Gasteiger partial charge in [-0.1, -0.05) is 39.0 Å². The van der Waals surface area contributed by atoms with E-state index in [0.29, 0.717) is 17.7 Å². The average molecular weight is 380 g/mol. The first-order valence-electron chi connectivity index (χ1n) is 9.75. The Hall–Kier alpha value is -2.66. The van der Waals surface area contributed by atoms with Crippen molar-refractivity contribution in [3.8, 4) is 0 Å². The van der Waals surface area contributed by atoms with Crippen molar-refractivity contribution in [2.45, 2.75) is 45.1 Å². The molecule has 1 atom stereocenters. The maximum absolute atomic E-state index is 12.6. The molecular weight excluding hydrogens is 352 g/mol. The van der Waals surface area contributed by atoms with Crippen molar-refractivity contribution in [3.05, 3.63) is 65.2 Å². The Balaban J connectivity index is 1.62. The second-order valence-electron chi connectivity index (χ2n) is 8.21. The molecule has 3 rings (SSSR count). The van der Waals surface area contributed by atoms with Gasteiger partial charge in [-0.25, -0.2) is 0 Å². The van der Waals surface area contributed by atoms with Gasteiger partial charge in [-0.05, 0) is 54.2 Å². The molecule has 2 aromatic rings. The van der Waals surface area contributed by atoms with Crippen LogP contribution in [0, 0.1) is 0 Å². The largest absolute Gasteiger partial charge is 0.376 e. The molecule has 1 unspecified atom stereocenters. The highest BCUT2D eigenvalue weighted by molar-refractivity contribution is 6.06. The molecule has 148 valence electrons. The van der Waals surface area contributed by atoms with Gasteiger partial charge < -0.3 is 15.4 Å². The molecule has 1 aliphatic heterocycles. The molecule has 0 aliphatic carbocycles. The topological polar surface area (TPSA) is 67.4 Å². The Morgan fingerprint density at radius 3 is 2.32 bits per heavy atom. The number of carbonyl (C=O) groups is 2. The van der Waals surface area contributed by atoms with Crippen molar-refractivity contribution in [1.29, 1.82) is 0 Å². The molecule has 2 amide bonds. The van der Waals surface area contributed by atoms with Gasteiger partial charge in [-0.2, -0.15) is 0 Å². The smallest absolute Gasteiger partial charge is 0.255 e. The minimum atomic E-state index is -0.239. The van der Waals surface area contributed by atoms with Crippen molar-refractivity contribution < 1.29 is 14.3 Å². The van der Waals surface area contributed by atoms with Crippen molar-refractivity contribution >= 4 is 17.5 Å². The zero-order valence-electron chi connectivity index (χ0n) is 16.7. The van der Waals surface area contributed by atoms with Gasteiger partial charge in [0.15, 0.2) is 0 Å². The fourth-order valence-electron chi connectivity index (χ4n) is 3.17. The van der Waals surface area contributed by atoms with Crippen LogP contribution < -0.4 is 10.6 Å². The maximum atomic E-state index is 12.6. The van der Waals surface area contributed by atoms with E-state index in [1.807, 2.05) is 24.3 Å². The second kappa shape index (κ2) is 8.57. The van der Waals surface area contributed by atoms with Gasteiger partial charge in [0, 0.05) is 30.0 Å². The Labute approximate surface area is 166 Å². The number of benzene rings is 2. The summed E-state index contributed by atoms with van der Waals surface area (Å²) >= 11 is 0. The first-order chi connectivity index (χ1) is 13.3. The van der Waals surface area contributed by atoms with Crippen LogP contribution in [0.3, 0.4) is 0 Å². The van der Waals surface area contributed by atoms with Crippen LogP contribution in [0.25, 0.3) is 0 Å². The first-order valence-corrected chi connectivity index (χ1v) is 9.75. The second-order valence-corrected chi connectivity index (χ2v) is 8.21. The van der Waals surface area contributed by atoms with Gasteiger partial charge >= 0.3 is 0 Å². The maximum Gasteiger partial charge on any atom is 0.255 e. The average Bonchev–Trinajstić information content (AvgIpc) is 3.19. The monoisotopic (exact) mass is 380 g/mol. The summed E-state index contributed by atoms with van der Waals surface area (Å²) in [6.45, 7) is 7.70. The van der Waals surface area contributed by atoms with E-state index in [9.17, 15) is 9.59 Å². The zero-order chi connectivity index (χ0) is 20.1. The predicted molar refractivity (Wildman–Crippen MR) is 111 cm³/mol. The van der Waals surface area contributed by atoms with Gasteiger partial charge in [-0.15, -0.1) is 0 Å². The minimum absolute atomic E-state index is 0.0633. The van der Waals surface area contributed by atoms with Crippen LogP contribution in [0.2, 0.25) is 0 Å². The summed E-state index contributed by atoms with van der Waals surface area (Å²) in [4.78, 5) is 24.9. The number of anilines is 1. The quantitative estimate of drug-likeness (QED) is 0.819.